The second-order valence-corrected chi connectivity index (χ2v) is 11.9. The smallest absolute Gasteiger partial charge is 0.255 e. The molecule has 1 aliphatic carbocycles. The number of hydrogen-bond acceptors (Lipinski definition) is 7. The van der Waals surface area contributed by atoms with Gasteiger partial charge in [-0.3, -0.25) is 9.59 Å². The number of aliphatic hydroxyl groups is 2. The zero-order valence-electron chi connectivity index (χ0n) is 25.4. The molecule has 1 saturated heterocycles. The summed E-state index contributed by atoms with van der Waals surface area (Å²) in [6.45, 7) is 4.40. The maximum atomic E-state index is 13.0. The second kappa shape index (κ2) is 13.0. The van der Waals surface area contributed by atoms with Crippen LogP contribution >= 0.6 is 0 Å². The summed E-state index contributed by atoms with van der Waals surface area (Å²) in [5.74, 6) is -0.331. The molecule has 1 atom stereocenters. The number of nitrogens with zero attached hydrogens (tertiary/aromatic N) is 2. The first-order chi connectivity index (χ1) is 21.8. The van der Waals surface area contributed by atoms with Gasteiger partial charge in [-0.1, -0.05) is 6.08 Å². The lowest BCUT2D eigenvalue weighted by atomic mass is 9.83. The molecule has 1 fully saturated rings. The number of carbonyl (C=O) groups excluding carboxylic acids is 2. The highest BCUT2D eigenvalue weighted by Gasteiger charge is 2.38. The van der Waals surface area contributed by atoms with Crippen LogP contribution < -0.4 is 20.9 Å². The molecule has 0 radical (unpaired) electrons. The molecule has 2 aliphatic heterocycles. The number of nitrogens with one attached hydrogen (secondary N) is 3. The maximum Gasteiger partial charge on any atom is 0.255 e. The van der Waals surface area contributed by atoms with E-state index in [1.54, 1.807) is 0 Å². The molecule has 3 aromatic rings. The van der Waals surface area contributed by atoms with Crippen LogP contribution in [0.5, 0.6) is 0 Å². The highest BCUT2D eigenvalue weighted by Crippen LogP contribution is 2.39. The SMILES string of the molecule is CC12CC=C(C(=O)Nc3ccc(Nc4ccc(NC(=O)c5ccc(N6CCC(O)CC6)cc5)cc4)cc3)C=C1C=CN2CCO. The molecule has 2 amide bonds. The average molecular weight is 606 g/mol. The standard InChI is InChI=1S/C36H39N5O4/c1-36-18-14-26(24-27(36)15-21-41(36)22-23-42)35(45)39-31-10-6-29(7-11-31)37-28-4-8-30(9-5-28)38-34(44)25-2-12-32(13-3-25)40-19-16-33(43)17-20-40/h2-15,21,24,33,37,42-43H,16-20,22-23H2,1H3,(H,38,44)(H,39,45). The molecule has 3 aromatic carbocycles. The van der Waals surface area contributed by atoms with Crippen molar-refractivity contribution in [1.82, 2.24) is 4.90 Å². The van der Waals surface area contributed by atoms with Crippen LogP contribution in [-0.4, -0.2) is 64.8 Å². The molecule has 5 N–H and O–H groups in total. The van der Waals surface area contributed by atoms with Crippen molar-refractivity contribution in [1.29, 1.82) is 0 Å². The quantitative estimate of drug-likeness (QED) is 0.221. The number of carbonyl (C=O) groups is 2. The van der Waals surface area contributed by atoms with Crippen molar-refractivity contribution in [2.45, 2.75) is 37.8 Å². The number of aliphatic hydroxyl groups excluding tert-OH is 2. The Labute approximate surface area is 263 Å². The van der Waals surface area contributed by atoms with Gasteiger partial charge in [-0.15, -0.1) is 0 Å². The van der Waals surface area contributed by atoms with Gasteiger partial charge in [-0.25, -0.2) is 0 Å². The molecule has 0 saturated carbocycles. The number of amides is 2. The summed E-state index contributed by atoms with van der Waals surface area (Å²) in [4.78, 5) is 30.1. The summed E-state index contributed by atoms with van der Waals surface area (Å²) in [7, 11) is 0. The van der Waals surface area contributed by atoms with Crippen LogP contribution in [0.3, 0.4) is 0 Å². The average Bonchev–Trinajstić information content (AvgIpc) is 3.38. The lowest BCUT2D eigenvalue weighted by Crippen LogP contribution is -2.43. The largest absolute Gasteiger partial charge is 0.395 e. The third-order valence-corrected chi connectivity index (χ3v) is 8.86. The zero-order valence-corrected chi connectivity index (χ0v) is 25.4. The van der Waals surface area contributed by atoms with Gasteiger partial charge >= 0.3 is 0 Å². The first kappa shape index (κ1) is 30.2. The molecule has 0 spiro atoms. The molecule has 9 nitrogen and oxygen atoms in total. The lowest BCUT2D eigenvalue weighted by molar-refractivity contribution is -0.112. The second-order valence-electron chi connectivity index (χ2n) is 11.9. The van der Waals surface area contributed by atoms with Crippen LogP contribution in [-0.2, 0) is 4.79 Å². The summed E-state index contributed by atoms with van der Waals surface area (Å²) < 4.78 is 0. The molecule has 0 bridgehead atoms. The third kappa shape index (κ3) is 6.79. The molecule has 2 heterocycles. The minimum absolute atomic E-state index is 0.0853. The van der Waals surface area contributed by atoms with Crippen LogP contribution in [0.2, 0.25) is 0 Å². The van der Waals surface area contributed by atoms with E-state index >= 15 is 0 Å². The van der Waals surface area contributed by atoms with Crippen molar-refractivity contribution < 1.29 is 19.8 Å². The molecule has 3 aliphatic rings. The summed E-state index contributed by atoms with van der Waals surface area (Å²) in [5.41, 5.74) is 6.23. The Morgan fingerprint density at radius 2 is 1.42 bits per heavy atom. The highest BCUT2D eigenvalue weighted by atomic mass is 16.3. The summed E-state index contributed by atoms with van der Waals surface area (Å²) >= 11 is 0. The van der Waals surface area contributed by atoms with Crippen molar-refractivity contribution in [2.75, 3.05) is 47.1 Å². The van der Waals surface area contributed by atoms with Crippen molar-refractivity contribution in [3.8, 4) is 0 Å². The predicted molar refractivity (Wildman–Crippen MR) is 179 cm³/mol. The van der Waals surface area contributed by atoms with Crippen molar-refractivity contribution >= 4 is 40.3 Å². The summed E-state index contributed by atoms with van der Waals surface area (Å²) in [6.07, 6.45) is 9.88. The molecule has 0 aromatic heterocycles. The normalized spacial score (nSPS) is 19.4. The van der Waals surface area contributed by atoms with Crippen molar-refractivity contribution in [3.63, 3.8) is 0 Å². The lowest BCUT2D eigenvalue weighted by Gasteiger charge is -2.38. The minimum atomic E-state index is -0.227. The van der Waals surface area contributed by atoms with Crippen molar-refractivity contribution in [3.05, 3.63) is 114 Å². The Morgan fingerprint density at radius 3 is 2.02 bits per heavy atom. The van der Waals surface area contributed by atoms with Gasteiger partial charge in [0.25, 0.3) is 11.8 Å². The summed E-state index contributed by atoms with van der Waals surface area (Å²) in [5, 5.41) is 28.4. The van der Waals surface area contributed by atoms with Gasteiger partial charge in [0, 0.05) is 65.4 Å². The number of piperidine rings is 1. The highest BCUT2D eigenvalue weighted by molar-refractivity contribution is 6.06. The van der Waals surface area contributed by atoms with Gasteiger partial charge in [-0.2, -0.15) is 0 Å². The molecule has 232 valence electrons. The van der Waals surface area contributed by atoms with E-state index in [0.29, 0.717) is 35.5 Å². The van der Waals surface area contributed by atoms with E-state index < -0.39 is 0 Å². The first-order valence-corrected chi connectivity index (χ1v) is 15.4. The molecule has 1 unspecified atom stereocenters. The Bertz CT molecular complexity index is 1620. The van der Waals surface area contributed by atoms with Gasteiger partial charge in [0.15, 0.2) is 0 Å². The Kier molecular flexibility index (Phi) is 8.73. The molecular formula is C36H39N5O4. The number of β-amino-alcohol motifs (C(OH)–C–C–N with tert-alkyl or cyclic N) is 1. The van der Waals surface area contributed by atoms with E-state index in [2.05, 4.69) is 32.7 Å². The van der Waals surface area contributed by atoms with Gasteiger partial charge in [0.05, 0.1) is 18.2 Å². The van der Waals surface area contributed by atoms with E-state index in [1.165, 1.54) is 0 Å². The maximum absolute atomic E-state index is 13.0. The topological polar surface area (TPSA) is 117 Å². The number of rotatable bonds is 9. The summed E-state index contributed by atoms with van der Waals surface area (Å²) in [6, 6.07) is 22.6. The fourth-order valence-electron chi connectivity index (χ4n) is 6.04. The Hall–Kier alpha value is -4.86. The van der Waals surface area contributed by atoms with Crippen LogP contribution in [0.15, 0.2) is 108 Å². The molecule has 9 heteroatoms. The zero-order chi connectivity index (χ0) is 31.4. The molecule has 6 rings (SSSR count). The van der Waals surface area contributed by atoms with Gasteiger partial charge in [0.1, 0.15) is 0 Å². The fraction of sp³-hybridized carbons (Fsp3) is 0.278. The van der Waals surface area contributed by atoms with Crippen LogP contribution in [0.25, 0.3) is 0 Å². The van der Waals surface area contributed by atoms with E-state index in [0.717, 1.165) is 48.6 Å². The van der Waals surface area contributed by atoms with Gasteiger partial charge in [-0.05, 0) is 117 Å². The Balaban J connectivity index is 0.993. The van der Waals surface area contributed by atoms with E-state index in [1.807, 2.05) is 97.2 Å². The molecular weight excluding hydrogens is 566 g/mol. The number of benzene rings is 3. The van der Waals surface area contributed by atoms with E-state index in [4.69, 9.17) is 0 Å². The first-order valence-electron chi connectivity index (χ1n) is 15.4. The number of anilines is 5. The monoisotopic (exact) mass is 605 g/mol. The minimum Gasteiger partial charge on any atom is -0.395 e. The van der Waals surface area contributed by atoms with Crippen LogP contribution in [0, 0.1) is 0 Å². The van der Waals surface area contributed by atoms with Crippen LogP contribution in [0.4, 0.5) is 28.4 Å². The van der Waals surface area contributed by atoms with Gasteiger partial charge < -0.3 is 36.0 Å². The number of hydrogen-bond donors (Lipinski definition) is 5. The van der Waals surface area contributed by atoms with Gasteiger partial charge in [0.2, 0.25) is 0 Å². The molecule has 45 heavy (non-hydrogen) atoms. The third-order valence-electron chi connectivity index (χ3n) is 8.86. The predicted octanol–water partition coefficient (Wildman–Crippen LogP) is 5.42. The Morgan fingerprint density at radius 1 is 0.844 bits per heavy atom. The van der Waals surface area contributed by atoms with Crippen LogP contribution in [0.1, 0.15) is 36.5 Å². The van der Waals surface area contributed by atoms with E-state index in [9.17, 15) is 19.8 Å². The van der Waals surface area contributed by atoms with E-state index in [-0.39, 0.29) is 30.1 Å². The number of fused-ring (bicyclic) bond motifs is 1. The van der Waals surface area contributed by atoms with Crippen molar-refractivity contribution in [2.24, 2.45) is 0 Å². The fourth-order valence-corrected chi connectivity index (χ4v) is 6.04.